The summed E-state index contributed by atoms with van der Waals surface area (Å²) in [6.07, 6.45) is 1.46. The maximum absolute atomic E-state index is 11.0. The van der Waals surface area contributed by atoms with Gasteiger partial charge in [-0.2, -0.15) is 5.26 Å². The molecule has 0 saturated carbocycles. The topological polar surface area (TPSA) is 69.5 Å². The van der Waals surface area contributed by atoms with Crippen molar-refractivity contribution in [2.45, 2.75) is 10.1 Å². The lowest BCUT2D eigenvalue weighted by atomic mass is 10.2. The minimum atomic E-state index is -0.175. The summed E-state index contributed by atoms with van der Waals surface area (Å²) in [6.45, 7) is 0. The van der Waals surface area contributed by atoms with Crippen LogP contribution in [-0.2, 0) is 0 Å². The van der Waals surface area contributed by atoms with Gasteiger partial charge in [-0.25, -0.2) is 4.98 Å². The molecule has 0 radical (unpaired) electrons. The van der Waals surface area contributed by atoms with Crippen LogP contribution in [0, 0.1) is 11.3 Å². The summed E-state index contributed by atoms with van der Waals surface area (Å²) in [5, 5.41) is 9.18. The van der Waals surface area contributed by atoms with Crippen LogP contribution >= 0.6 is 11.8 Å². The highest BCUT2D eigenvalue weighted by molar-refractivity contribution is 7.99. The molecule has 0 aliphatic heterocycles. The van der Waals surface area contributed by atoms with Gasteiger partial charge in [0.05, 0.1) is 11.6 Å². The third kappa shape index (κ3) is 2.49. The summed E-state index contributed by atoms with van der Waals surface area (Å²) in [4.78, 5) is 18.6. The molecule has 2 rings (SSSR count). The average molecular weight is 229 g/mol. The molecule has 0 aliphatic rings. The standard InChI is InChI=1S/C11H7N3OS/c12-7-8-1-3-9(4-2-8)16-11-13-6-5-10(15)14-11/h1-6H,(H,13,14,15). The van der Waals surface area contributed by atoms with E-state index in [1.807, 2.05) is 18.2 Å². The van der Waals surface area contributed by atoms with E-state index in [1.165, 1.54) is 24.0 Å². The Morgan fingerprint density at radius 3 is 2.62 bits per heavy atom. The van der Waals surface area contributed by atoms with Crippen LogP contribution in [0.1, 0.15) is 5.56 Å². The zero-order chi connectivity index (χ0) is 11.4. The third-order valence-electron chi connectivity index (χ3n) is 1.85. The summed E-state index contributed by atoms with van der Waals surface area (Å²) in [6, 6.07) is 10.5. The molecular weight excluding hydrogens is 222 g/mol. The minimum absolute atomic E-state index is 0.175. The Kier molecular flexibility index (Phi) is 3.03. The zero-order valence-electron chi connectivity index (χ0n) is 8.18. The number of nitrogens with zero attached hydrogens (tertiary/aromatic N) is 2. The van der Waals surface area contributed by atoms with E-state index in [9.17, 15) is 4.79 Å². The Labute approximate surface area is 96.0 Å². The average Bonchev–Trinajstić information content (AvgIpc) is 2.30. The second-order valence-corrected chi connectivity index (χ2v) is 4.04. The third-order valence-corrected chi connectivity index (χ3v) is 2.75. The maximum Gasteiger partial charge on any atom is 0.251 e. The molecule has 5 heteroatoms. The van der Waals surface area contributed by atoms with Gasteiger partial charge in [0.15, 0.2) is 5.16 Å². The van der Waals surface area contributed by atoms with Crippen molar-refractivity contribution in [3.63, 3.8) is 0 Å². The van der Waals surface area contributed by atoms with Crippen molar-refractivity contribution in [1.29, 1.82) is 5.26 Å². The van der Waals surface area contributed by atoms with E-state index in [1.54, 1.807) is 12.1 Å². The molecule has 0 unspecified atom stereocenters. The van der Waals surface area contributed by atoms with Crippen molar-refractivity contribution in [1.82, 2.24) is 9.97 Å². The summed E-state index contributed by atoms with van der Waals surface area (Å²) < 4.78 is 0. The van der Waals surface area contributed by atoms with E-state index in [4.69, 9.17) is 5.26 Å². The van der Waals surface area contributed by atoms with E-state index in [-0.39, 0.29) is 5.56 Å². The van der Waals surface area contributed by atoms with Crippen molar-refractivity contribution in [2.24, 2.45) is 0 Å². The molecule has 0 amide bonds. The fraction of sp³-hybridized carbons (Fsp3) is 0. The van der Waals surface area contributed by atoms with E-state index in [2.05, 4.69) is 9.97 Å². The first kappa shape index (κ1) is 10.5. The smallest absolute Gasteiger partial charge is 0.251 e. The Bertz CT molecular complexity index is 583. The first-order valence-electron chi connectivity index (χ1n) is 4.51. The molecule has 1 heterocycles. The van der Waals surface area contributed by atoms with Crippen molar-refractivity contribution >= 4 is 11.8 Å². The van der Waals surface area contributed by atoms with Gasteiger partial charge in [0.1, 0.15) is 0 Å². The maximum atomic E-state index is 11.0. The van der Waals surface area contributed by atoms with Crippen LogP contribution < -0.4 is 5.56 Å². The Morgan fingerprint density at radius 1 is 1.25 bits per heavy atom. The van der Waals surface area contributed by atoms with Crippen molar-refractivity contribution in [3.8, 4) is 6.07 Å². The first-order chi connectivity index (χ1) is 7.78. The second-order valence-electron chi connectivity index (χ2n) is 2.98. The van der Waals surface area contributed by atoms with Crippen LogP contribution in [0.25, 0.3) is 0 Å². The number of hydrogen-bond donors (Lipinski definition) is 1. The second kappa shape index (κ2) is 4.64. The van der Waals surface area contributed by atoms with Gasteiger partial charge in [0, 0.05) is 17.2 Å². The van der Waals surface area contributed by atoms with Crippen LogP contribution in [-0.4, -0.2) is 9.97 Å². The van der Waals surface area contributed by atoms with Gasteiger partial charge in [-0.05, 0) is 24.3 Å². The highest BCUT2D eigenvalue weighted by atomic mass is 32.2. The minimum Gasteiger partial charge on any atom is -0.301 e. The largest absolute Gasteiger partial charge is 0.301 e. The van der Waals surface area contributed by atoms with E-state index in [0.29, 0.717) is 10.7 Å². The summed E-state index contributed by atoms with van der Waals surface area (Å²) in [5.74, 6) is 0. The summed E-state index contributed by atoms with van der Waals surface area (Å²) in [7, 11) is 0. The van der Waals surface area contributed by atoms with Crippen LogP contribution in [0.15, 0.2) is 51.4 Å². The van der Waals surface area contributed by atoms with Crippen LogP contribution in [0.5, 0.6) is 0 Å². The predicted octanol–water partition coefficient (Wildman–Crippen LogP) is 1.79. The fourth-order valence-electron chi connectivity index (χ4n) is 1.11. The van der Waals surface area contributed by atoms with Crippen molar-refractivity contribution in [3.05, 3.63) is 52.4 Å². The molecule has 0 bridgehead atoms. The molecule has 1 aromatic carbocycles. The molecule has 16 heavy (non-hydrogen) atoms. The number of H-pyrrole nitrogens is 1. The molecule has 1 aromatic heterocycles. The summed E-state index contributed by atoms with van der Waals surface area (Å²) in [5.41, 5.74) is 0.435. The number of aromatic nitrogens is 2. The Hall–Kier alpha value is -2.06. The van der Waals surface area contributed by atoms with Crippen LogP contribution in [0.4, 0.5) is 0 Å². The SMILES string of the molecule is N#Cc1ccc(Sc2nccc(=O)[nH]2)cc1. The molecular formula is C11H7N3OS. The van der Waals surface area contributed by atoms with Gasteiger partial charge in [-0.3, -0.25) is 4.79 Å². The quantitative estimate of drug-likeness (QED) is 0.797. The molecule has 0 spiro atoms. The molecule has 0 atom stereocenters. The van der Waals surface area contributed by atoms with E-state index >= 15 is 0 Å². The van der Waals surface area contributed by atoms with E-state index in [0.717, 1.165) is 4.90 Å². The van der Waals surface area contributed by atoms with E-state index < -0.39 is 0 Å². The molecule has 0 saturated heterocycles. The number of nitriles is 1. The van der Waals surface area contributed by atoms with Gasteiger partial charge < -0.3 is 4.98 Å². The van der Waals surface area contributed by atoms with Crippen molar-refractivity contribution in [2.75, 3.05) is 0 Å². The zero-order valence-corrected chi connectivity index (χ0v) is 8.99. The molecule has 0 fully saturated rings. The van der Waals surface area contributed by atoms with Crippen molar-refractivity contribution < 1.29 is 0 Å². The van der Waals surface area contributed by atoms with Gasteiger partial charge in [0.25, 0.3) is 5.56 Å². The van der Waals surface area contributed by atoms with Gasteiger partial charge in [-0.1, -0.05) is 11.8 Å². The molecule has 0 aliphatic carbocycles. The van der Waals surface area contributed by atoms with Gasteiger partial charge >= 0.3 is 0 Å². The molecule has 78 valence electrons. The van der Waals surface area contributed by atoms with Gasteiger partial charge in [0.2, 0.25) is 0 Å². The molecule has 4 nitrogen and oxygen atoms in total. The number of nitrogens with one attached hydrogen (secondary N) is 1. The normalized spacial score (nSPS) is 9.69. The molecule has 2 aromatic rings. The molecule has 1 N–H and O–H groups in total. The highest BCUT2D eigenvalue weighted by Crippen LogP contribution is 2.23. The lowest BCUT2D eigenvalue weighted by Gasteiger charge is -1.99. The fourth-order valence-corrected chi connectivity index (χ4v) is 1.87. The Balaban J connectivity index is 2.21. The Morgan fingerprint density at radius 2 is 2.00 bits per heavy atom. The number of benzene rings is 1. The number of rotatable bonds is 2. The number of aromatic amines is 1. The van der Waals surface area contributed by atoms with Gasteiger partial charge in [-0.15, -0.1) is 0 Å². The lowest BCUT2D eigenvalue weighted by molar-refractivity contribution is 0.937. The lowest BCUT2D eigenvalue weighted by Crippen LogP contribution is -2.04. The predicted molar refractivity (Wildman–Crippen MR) is 60.1 cm³/mol. The highest BCUT2D eigenvalue weighted by Gasteiger charge is 1.99. The summed E-state index contributed by atoms with van der Waals surface area (Å²) >= 11 is 1.34. The number of hydrogen-bond acceptors (Lipinski definition) is 4. The monoisotopic (exact) mass is 229 g/mol. The van der Waals surface area contributed by atoms with Crippen LogP contribution in [0.2, 0.25) is 0 Å². The first-order valence-corrected chi connectivity index (χ1v) is 5.33. The van der Waals surface area contributed by atoms with Crippen LogP contribution in [0.3, 0.4) is 0 Å².